The van der Waals surface area contributed by atoms with Gasteiger partial charge in [-0.25, -0.2) is 18.4 Å². The van der Waals surface area contributed by atoms with E-state index in [4.69, 9.17) is 5.26 Å². The van der Waals surface area contributed by atoms with E-state index in [9.17, 15) is 13.2 Å². The van der Waals surface area contributed by atoms with E-state index < -0.39 is 9.84 Å². The van der Waals surface area contributed by atoms with E-state index in [0.717, 1.165) is 5.69 Å². The summed E-state index contributed by atoms with van der Waals surface area (Å²) in [4.78, 5) is 25.2. The summed E-state index contributed by atoms with van der Waals surface area (Å²) in [5.74, 6) is -0.389. The molecule has 1 atom stereocenters. The van der Waals surface area contributed by atoms with Gasteiger partial charge in [-0.3, -0.25) is 4.79 Å². The van der Waals surface area contributed by atoms with Crippen molar-refractivity contribution in [2.45, 2.75) is 24.3 Å². The van der Waals surface area contributed by atoms with Crippen LogP contribution in [0.2, 0.25) is 0 Å². The molecule has 0 bridgehead atoms. The number of piperazine rings is 1. The molecule has 1 saturated heterocycles. The molecular weight excluding hydrogens is 434 g/mol. The van der Waals surface area contributed by atoms with E-state index in [1.807, 2.05) is 19.1 Å². The third-order valence-electron chi connectivity index (χ3n) is 5.42. The summed E-state index contributed by atoms with van der Waals surface area (Å²) in [7, 11) is -3.59. The van der Waals surface area contributed by atoms with Gasteiger partial charge >= 0.3 is 0 Å². The Morgan fingerprint density at radius 1 is 1.26 bits per heavy atom. The van der Waals surface area contributed by atoms with Crippen molar-refractivity contribution in [2.24, 2.45) is 0 Å². The SMILES string of the molecule is C[C@H]1CN(c2ccc(C#N)nc2)CCN1C(=O)CCS(=O)(=O)c1cccc2ncsc12. The molecule has 160 valence electrons. The van der Waals surface area contributed by atoms with Crippen molar-refractivity contribution in [1.29, 1.82) is 5.26 Å². The molecule has 0 saturated carbocycles. The predicted octanol–water partition coefficient (Wildman–Crippen LogP) is 2.46. The molecular formula is C21H21N5O3S2. The number of anilines is 1. The van der Waals surface area contributed by atoms with Gasteiger partial charge in [-0.1, -0.05) is 6.07 Å². The van der Waals surface area contributed by atoms with Crippen LogP contribution in [0, 0.1) is 11.3 Å². The Bertz CT molecular complexity index is 1250. The molecule has 10 heteroatoms. The molecule has 1 aliphatic rings. The van der Waals surface area contributed by atoms with Crippen molar-refractivity contribution in [3.8, 4) is 6.07 Å². The smallest absolute Gasteiger partial charge is 0.223 e. The summed E-state index contributed by atoms with van der Waals surface area (Å²) in [5, 5.41) is 8.88. The number of carbonyl (C=O) groups is 1. The van der Waals surface area contributed by atoms with Crippen LogP contribution in [-0.4, -0.2) is 60.6 Å². The number of hydrogen-bond acceptors (Lipinski definition) is 8. The van der Waals surface area contributed by atoms with Crippen LogP contribution in [0.3, 0.4) is 0 Å². The molecule has 2 aromatic heterocycles. The molecule has 1 amide bonds. The summed E-state index contributed by atoms with van der Waals surface area (Å²) in [6, 6.07) is 10.5. The van der Waals surface area contributed by atoms with Crippen LogP contribution >= 0.6 is 11.3 Å². The predicted molar refractivity (Wildman–Crippen MR) is 119 cm³/mol. The zero-order valence-electron chi connectivity index (χ0n) is 16.9. The van der Waals surface area contributed by atoms with E-state index >= 15 is 0 Å². The van der Waals surface area contributed by atoms with E-state index in [0.29, 0.717) is 35.5 Å². The summed E-state index contributed by atoms with van der Waals surface area (Å²) >= 11 is 1.29. The minimum atomic E-state index is -3.59. The van der Waals surface area contributed by atoms with Crippen molar-refractivity contribution in [2.75, 3.05) is 30.3 Å². The Kier molecular flexibility index (Phi) is 5.89. The fourth-order valence-electron chi connectivity index (χ4n) is 3.78. The molecule has 3 aromatic rings. The Balaban J connectivity index is 1.39. The van der Waals surface area contributed by atoms with Gasteiger partial charge < -0.3 is 9.80 Å². The summed E-state index contributed by atoms with van der Waals surface area (Å²) in [5.41, 5.74) is 3.54. The zero-order valence-corrected chi connectivity index (χ0v) is 18.6. The minimum absolute atomic E-state index is 0.0553. The lowest BCUT2D eigenvalue weighted by Crippen LogP contribution is -2.54. The molecule has 1 aromatic carbocycles. The molecule has 8 nitrogen and oxygen atoms in total. The van der Waals surface area contributed by atoms with Crippen molar-refractivity contribution in [1.82, 2.24) is 14.9 Å². The maximum absolute atomic E-state index is 12.9. The third kappa shape index (κ3) is 4.38. The van der Waals surface area contributed by atoms with Crippen LogP contribution in [0.4, 0.5) is 5.69 Å². The summed E-state index contributed by atoms with van der Waals surface area (Å²) in [6.07, 6.45) is 1.61. The molecule has 0 spiro atoms. The number of nitrogens with zero attached hydrogens (tertiary/aromatic N) is 5. The van der Waals surface area contributed by atoms with Crippen LogP contribution in [0.15, 0.2) is 46.9 Å². The van der Waals surface area contributed by atoms with Gasteiger partial charge in [0, 0.05) is 32.1 Å². The topological polar surface area (TPSA) is 107 Å². The van der Waals surface area contributed by atoms with Crippen molar-refractivity contribution >= 4 is 43.0 Å². The van der Waals surface area contributed by atoms with Gasteiger partial charge in [0.05, 0.1) is 38.3 Å². The average molecular weight is 456 g/mol. The zero-order chi connectivity index (χ0) is 22.0. The van der Waals surface area contributed by atoms with Crippen LogP contribution < -0.4 is 4.90 Å². The lowest BCUT2D eigenvalue weighted by molar-refractivity contribution is -0.133. The molecule has 1 aliphatic heterocycles. The monoisotopic (exact) mass is 455 g/mol. The van der Waals surface area contributed by atoms with Gasteiger partial charge in [0.15, 0.2) is 9.84 Å². The number of carbonyl (C=O) groups excluding carboxylic acids is 1. The second-order valence-electron chi connectivity index (χ2n) is 7.42. The fourth-order valence-corrected chi connectivity index (χ4v) is 6.34. The molecule has 0 radical (unpaired) electrons. The quantitative estimate of drug-likeness (QED) is 0.582. The number of fused-ring (bicyclic) bond motifs is 1. The number of sulfone groups is 1. The van der Waals surface area contributed by atoms with Gasteiger partial charge in [0.2, 0.25) is 5.91 Å². The normalized spacial score (nSPS) is 17.0. The first kappa shape index (κ1) is 21.2. The van der Waals surface area contributed by atoms with Crippen LogP contribution in [0.25, 0.3) is 10.2 Å². The van der Waals surface area contributed by atoms with Crippen LogP contribution in [-0.2, 0) is 14.6 Å². The number of benzene rings is 1. The molecule has 31 heavy (non-hydrogen) atoms. The molecule has 0 N–H and O–H groups in total. The number of amides is 1. The van der Waals surface area contributed by atoms with Gasteiger partial charge in [-0.05, 0) is 31.2 Å². The lowest BCUT2D eigenvalue weighted by Gasteiger charge is -2.41. The third-order valence-corrected chi connectivity index (χ3v) is 8.17. The van der Waals surface area contributed by atoms with Gasteiger partial charge in [0.1, 0.15) is 11.8 Å². The van der Waals surface area contributed by atoms with Gasteiger partial charge in [-0.2, -0.15) is 5.26 Å². The Morgan fingerprint density at radius 2 is 2.10 bits per heavy atom. The number of aromatic nitrogens is 2. The summed E-state index contributed by atoms with van der Waals surface area (Å²) < 4.78 is 26.4. The van der Waals surface area contributed by atoms with Crippen LogP contribution in [0.1, 0.15) is 19.0 Å². The highest BCUT2D eigenvalue weighted by atomic mass is 32.2. The number of hydrogen-bond donors (Lipinski definition) is 0. The largest absolute Gasteiger partial charge is 0.366 e. The highest BCUT2D eigenvalue weighted by Gasteiger charge is 2.29. The second kappa shape index (κ2) is 8.61. The Morgan fingerprint density at radius 3 is 2.81 bits per heavy atom. The Hall–Kier alpha value is -3.03. The average Bonchev–Trinajstić information content (AvgIpc) is 3.26. The molecule has 1 fully saturated rings. The maximum Gasteiger partial charge on any atom is 0.223 e. The number of pyridine rings is 1. The number of nitriles is 1. The van der Waals surface area contributed by atoms with E-state index in [2.05, 4.69) is 14.9 Å². The van der Waals surface area contributed by atoms with Gasteiger partial charge in [-0.15, -0.1) is 11.3 Å². The second-order valence-corrected chi connectivity index (χ2v) is 10.4. The van der Waals surface area contributed by atoms with Gasteiger partial charge in [0.25, 0.3) is 0 Å². The highest BCUT2D eigenvalue weighted by Crippen LogP contribution is 2.27. The first-order valence-electron chi connectivity index (χ1n) is 9.84. The van der Waals surface area contributed by atoms with E-state index in [1.165, 1.54) is 11.3 Å². The standard InChI is InChI=1S/C21H21N5O3S2/c1-15-13-25(17-6-5-16(11-22)23-12-17)8-9-26(15)20(27)7-10-31(28,29)19-4-2-3-18-21(19)30-14-24-18/h2-6,12,14-15H,7-10,13H2,1H3/t15-/m0/s1. The maximum atomic E-state index is 12.9. The first-order valence-corrected chi connectivity index (χ1v) is 12.4. The molecule has 0 unspecified atom stereocenters. The van der Waals surface area contributed by atoms with Crippen LogP contribution in [0.5, 0.6) is 0 Å². The van der Waals surface area contributed by atoms with Crippen molar-refractivity contribution < 1.29 is 13.2 Å². The van der Waals surface area contributed by atoms with E-state index in [-0.39, 0.29) is 29.0 Å². The first-order chi connectivity index (χ1) is 14.9. The number of thiazole rings is 1. The van der Waals surface area contributed by atoms with Crippen molar-refractivity contribution in [3.63, 3.8) is 0 Å². The Labute approximate surface area is 184 Å². The fraction of sp³-hybridized carbons (Fsp3) is 0.333. The molecule has 3 heterocycles. The number of rotatable bonds is 5. The lowest BCUT2D eigenvalue weighted by atomic mass is 10.1. The minimum Gasteiger partial charge on any atom is -0.366 e. The highest BCUT2D eigenvalue weighted by molar-refractivity contribution is 7.91. The molecule has 0 aliphatic carbocycles. The van der Waals surface area contributed by atoms with Crippen molar-refractivity contribution in [3.05, 3.63) is 47.7 Å². The summed E-state index contributed by atoms with van der Waals surface area (Å²) in [6.45, 7) is 3.70. The van der Waals surface area contributed by atoms with E-state index in [1.54, 1.807) is 40.9 Å². The molecule has 4 rings (SSSR count).